The van der Waals surface area contributed by atoms with Crippen molar-refractivity contribution in [3.05, 3.63) is 11.6 Å². The molecule has 0 aliphatic carbocycles. The van der Waals surface area contributed by atoms with Crippen LogP contribution in [0.1, 0.15) is 27.7 Å². The molecule has 0 aromatic heterocycles. The number of nitrogens with zero attached hydrogens (tertiary/aromatic N) is 1. The molecule has 2 nitrogen and oxygen atoms in total. The van der Waals surface area contributed by atoms with E-state index in [1.54, 1.807) is 11.8 Å². The molecule has 0 unspecified atom stereocenters. The van der Waals surface area contributed by atoms with Crippen molar-refractivity contribution in [3.8, 4) is 0 Å². The highest BCUT2D eigenvalue weighted by atomic mass is 32.2. The number of hydrogen-bond acceptors (Lipinski definition) is 3. The van der Waals surface area contributed by atoms with Crippen molar-refractivity contribution in [2.45, 2.75) is 38.8 Å². The lowest BCUT2D eigenvalue weighted by atomic mass is 9.98. The van der Waals surface area contributed by atoms with E-state index >= 15 is 0 Å². The second kappa shape index (κ2) is 3.30. The molecule has 0 aromatic rings. The zero-order chi connectivity index (χ0) is 10.3. The SMILES string of the molecule is CSCC1=CC(C)(C)N(O)C1(C)C. The van der Waals surface area contributed by atoms with E-state index in [9.17, 15) is 5.21 Å². The summed E-state index contributed by atoms with van der Waals surface area (Å²) in [5.74, 6) is 0.994. The van der Waals surface area contributed by atoms with Gasteiger partial charge in [0.15, 0.2) is 0 Å². The van der Waals surface area contributed by atoms with Crippen LogP contribution in [0.3, 0.4) is 0 Å². The molecule has 1 heterocycles. The Hall–Kier alpha value is 0.01000. The number of thioether (sulfide) groups is 1. The highest BCUT2D eigenvalue weighted by Gasteiger charge is 2.44. The van der Waals surface area contributed by atoms with Gasteiger partial charge < -0.3 is 5.21 Å². The quantitative estimate of drug-likeness (QED) is 0.695. The molecular weight excluding hydrogens is 182 g/mol. The molecule has 0 saturated heterocycles. The topological polar surface area (TPSA) is 23.5 Å². The van der Waals surface area contributed by atoms with E-state index in [1.165, 1.54) is 10.6 Å². The van der Waals surface area contributed by atoms with Gasteiger partial charge in [-0.15, -0.1) is 0 Å². The molecule has 1 aliphatic rings. The lowest BCUT2D eigenvalue weighted by Gasteiger charge is -2.36. The minimum absolute atomic E-state index is 0.216. The maximum Gasteiger partial charge on any atom is 0.0631 e. The number of rotatable bonds is 2. The Morgan fingerprint density at radius 2 is 1.92 bits per heavy atom. The fraction of sp³-hybridized carbons (Fsp3) is 0.800. The van der Waals surface area contributed by atoms with Crippen LogP contribution >= 0.6 is 11.8 Å². The van der Waals surface area contributed by atoms with Crippen LogP contribution < -0.4 is 0 Å². The third kappa shape index (κ3) is 1.78. The molecule has 0 amide bonds. The second-order valence-electron chi connectivity index (χ2n) is 4.63. The molecule has 13 heavy (non-hydrogen) atoms. The summed E-state index contributed by atoms with van der Waals surface area (Å²) in [5, 5.41) is 11.4. The summed E-state index contributed by atoms with van der Waals surface area (Å²) in [5.41, 5.74) is 0.869. The molecule has 0 fully saturated rings. The van der Waals surface area contributed by atoms with E-state index in [1.807, 2.05) is 13.8 Å². The highest BCUT2D eigenvalue weighted by Crippen LogP contribution is 2.39. The first-order chi connectivity index (χ1) is 5.82. The Labute approximate surface area is 85.0 Å². The lowest BCUT2D eigenvalue weighted by molar-refractivity contribution is -0.185. The first kappa shape index (κ1) is 11.1. The largest absolute Gasteiger partial charge is 0.312 e. The van der Waals surface area contributed by atoms with Gasteiger partial charge in [-0.05, 0) is 39.5 Å². The van der Waals surface area contributed by atoms with Crippen LogP contribution in [0, 0.1) is 0 Å². The first-order valence-corrected chi connectivity index (χ1v) is 5.92. The molecule has 1 rings (SSSR count). The first-order valence-electron chi connectivity index (χ1n) is 4.53. The van der Waals surface area contributed by atoms with Crippen LogP contribution in [-0.4, -0.2) is 33.4 Å². The monoisotopic (exact) mass is 201 g/mol. The fourth-order valence-electron chi connectivity index (χ4n) is 1.89. The lowest BCUT2D eigenvalue weighted by Crippen LogP contribution is -2.48. The van der Waals surface area contributed by atoms with Gasteiger partial charge in [-0.2, -0.15) is 16.8 Å². The van der Waals surface area contributed by atoms with Gasteiger partial charge in [0.25, 0.3) is 0 Å². The molecule has 1 N–H and O–H groups in total. The number of hydrogen-bond donors (Lipinski definition) is 1. The van der Waals surface area contributed by atoms with Crippen molar-refractivity contribution in [1.82, 2.24) is 5.06 Å². The summed E-state index contributed by atoms with van der Waals surface area (Å²) in [4.78, 5) is 0. The molecule has 0 saturated carbocycles. The Morgan fingerprint density at radius 3 is 2.23 bits per heavy atom. The van der Waals surface area contributed by atoms with E-state index in [0.717, 1.165) is 5.75 Å². The molecular formula is C10H19NOS. The Bertz CT molecular complexity index is 233. The van der Waals surface area contributed by atoms with Gasteiger partial charge in [-0.25, -0.2) is 0 Å². The molecule has 76 valence electrons. The van der Waals surface area contributed by atoms with E-state index in [2.05, 4.69) is 26.2 Å². The van der Waals surface area contributed by atoms with Gasteiger partial charge in [0.05, 0.1) is 11.1 Å². The van der Waals surface area contributed by atoms with Crippen LogP contribution in [0.5, 0.6) is 0 Å². The summed E-state index contributed by atoms with van der Waals surface area (Å²) < 4.78 is 0. The number of hydroxylamine groups is 2. The predicted molar refractivity (Wildman–Crippen MR) is 58.2 cm³/mol. The van der Waals surface area contributed by atoms with E-state index in [4.69, 9.17) is 0 Å². The maximum absolute atomic E-state index is 9.95. The average molecular weight is 201 g/mol. The third-order valence-electron chi connectivity index (χ3n) is 2.69. The average Bonchev–Trinajstić information content (AvgIpc) is 2.14. The Kier molecular flexibility index (Phi) is 2.81. The minimum atomic E-state index is -0.228. The molecule has 0 aromatic carbocycles. The summed E-state index contributed by atoms with van der Waals surface area (Å²) >= 11 is 1.80. The van der Waals surface area contributed by atoms with Gasteiger partial charge in [-0.3, -0.25) is 0 Å². The van der Waals surface area contributed by atoms with Gasteiger partial charge in [0.1, 0.15) is 0 Å². The van der Waals surface area contributed by atoms with Crippen LogP contribution in [-0.2, 0) is 0 Å². The molecule has 1 aliphatic heterocycles. The van der Waals surface area contributed by atoms with Crippen LogP contribution in [0.2, 0.25) is 0 Å². The zero-order valence-electron chi connectivity index (χ0n) is 9.09. The second-order valence-corrected chi connectivity index (χ2v) is 5.49. The van der Waals surface area contributed by atoms with Crippen molar-refractivity contribution >= 4 is 11.8 Å². The maximum atomic E-state index is 9.95. The van der Waals surface area contributed by atoms with Crippen molar-refractivity contribution < 1.29 is 5.21 Å². The molecule has 0 atom stereocenters. The van der Waals surface area contributed by atoms with E-state index < -0.39 is 0 Å². The van der Waals surface area contributed by atoms with Gasteiger partial charge in [0, 0.05) is 5.75 Å². The predicted octanol–water partition coefficient (Wildman–Crippen LogP) is 2.54. The standard InChI is InChI=1S/C10H19NOS/c1-9(2)6-8(7-13-5)10(3,4)11(9)12/h6,12H,7H2,1-5H3. The van der Waals surface area contributed by atoms with E-state index in [0.29, 0.717) is 0 Å². The normalized spacial score (nSPS) is 26.2. The fourth-order valence-corrected chi connectivity index (χ4v) is 2.64. The molecule has 0 spiro atoms. The highest BCUT2D eigenvalue weighted by molar-refractivity contribution is 7.98. The third-order valence-corrected chi connectivity index (χ3v) is 3.29. The van der Waals surface area contributed by atoms with Crippen LogP contribution in [0.4, 0.5) is 0 Å². The van der Waals surface area contributed by atoms with Crippen molar-refractivity contribution in [2.75, 3.05) is 12.0 Å². The van der Waals surface area contributed by atoms with Gasteiger partial charge in [0.2, 0.25) is 0 Å². The van der Waals surface area contributed by atoms with Gasteiger partial charge >= 0.3 is 0 Å². The minimum Gasteiger partial charge on any atom is -0.312 e. The van der Waals surface area contributed by atoms with Crippen molar-refractivity contribution in [1.29, 1.82) is 0 Å². The summed E-state index contributed by atoms with van der Waals surface area (Å²) in [6.07, 6.45) is 4.26. The molecule has 0 bridgehead atoms. The summed E-state index contributed by atoms with van der Waals surface area (Å²) in [6.45, 7) is 8.18. The van der Waals surface area contributed by atoms with Crippen molar-refractivity contribution in [2.24, 2.45) is 0 Å². The van der Waals surface area contributed by atoms with Gasteiger partial charge in [-0.1, -0.05) is 6.08 Å². The smallest absolute Gasteiger partial charge is 0.0631 e. The summed E-state index contributed by atoms with van der Waals surface area (Å²) in [6, 6.07) is 0. The summed E-state index contributed by atoms with van der Waals surface area (Å²) in [7, 11) is 0. The molecule has 0 radical (unpaired) electrons. The van der Waals surface area contributed by atoms with Crippen LogP contribution in [0.25, 0.3) is 0 Å². The Balaban J connectivity index is 2.95. The van der Waals surface area contributed by atoms with Crippen LogP contribution in [0.15, 0.2) is 11.6 Å². The molecule has 3 heteroatoms. The van der Waals surface area contributed by atoms with E-state index in [-0.39, 0.29) is 11.1 Å². The van der Waals surface area contributed by atoms with Crippen molar-refractivity contribution in [3.63, 3.8) is 0 Å². The Morgan fingerprint density at radius 1 is 1.38 bits per heavy atom. The zero-order valence-corrected chi connectivity index (χ0v) is 9.90.